The Labute approximate surface area is 241 Å². The maximum Gasteiger partial charge on any atom is 0.242 e. The van der Waals surface area contributed by atoms with Gasteiger partial charge in [0.2, 0.25) is 17.7 Å². The molecular formula is C29H43N9O3. The molecule has 11 N–H and O–H groups in total. The summed E-state index contributed by atoms with van der Waals surface area (Å²) >= 11 is 0. The molecule has 2 aromatic rings. The van der Waals surface area contributed by atoms with Crippen molar-refractivity contribution in [3.63, 3.8) is 0 Å². The Morgan fingerprint density at radius 1 is 0.854 bits per heavy atom. The van der Waals surface area contributed by atoms with Crippen LogP contribution in [0.15, 0.2) is 64.6 Å². The number of nitrogens with one attached hydrogen (secondary N) is 3. The average molecular weight is 566 g/mol. The van der Waals surface area contributed by atoms with Crippen LogP contribution in [-0.4, -0.2) is 68.3 Å². The van der Waals surface area contributed by atoms with E-state index >= 15 is 0 Å². The Kier molecular flexibility index (Phi) is 15.0. The summed E-state index contributed by atoms with van der Waals surface area (Å²) in [5.74, 6) is -0.988. The van der Waals surface area contributed by atoms with Gasteiger partial charge >= 0.3 is 0 Å². The van der Waals surface area contributed by atoms with Crippen LogP contribution in [-0.2, 0) is 20.8 Å². The van der Waals surface area contributed by atoms with Crippen molar-refractivity contribution in [2.24, 2.45) is 32.9 Å². The number of unbranched alkanes of at least 4 members (excludes halogenated alkanes) is 1. The highest BCUT2D eigenvalue weighted by atomic mass is 16.2. The first-order valence-corrected chi connectivity index (χ1v) is 13.8. The summed E-state index contributed by atoms with van der Waals surface area (Å²) in [6, 6.07) is 16.6. The zero-order chi connectivity index (χ0) is 29.9. The van der Waals surface area contributed by atoms with Crippen LogP contribution >= 0.6 is 0 Å². The number of rotatable bonds is 18. The van der Waals surface area contributed by atoms with Crippen LogP contribution in [0.5, 0.6) is 0 Å². The maximum atomic E-state index is 13.2. The number of aliphatic imine (C=N–C) groups is 2. The molecule has 0 saturated heterocycles. The van der Waals surface area contributed by atoms with Crippen molar-refractivity contribution in [2.75, 3.05) is 26.2 Å². The Morgan fingerprint density at radius 2 is 1.56 bits per heavy atom. The summed E-state index contributed by atoms with van der Waals surface area (Å²) in [6.45, 7) is 1.17. The topological polar surface area (TPSA) is 216 Å². The van der Waals surface area contributed by atoms with E-state index in [-0.39, 0.29) is 36.6 Å². The van der Waals surface area contributed by atoms with Crippen LogP contribution in [0.1, 0.15) is 37.7 Å². The molecule has 0 aliphatic rings. The van der Waals surface area contributed by atoms with Crippen molar-refractivity contribution >= 4 is 30.0 Å². The first kappa shape index (κ1) is 32.8. The lowest BCUT2D eigenvalue weighted by atomic mass is 10.00. The largest absolute Gasteiger partial charge is 0.390 e. The van der Waals surface area contributed by atoms with Crippen LogP contribution in [0.3, 0.4) is 0 Å². The molecule has 2 rings (SSSR count). The van der Waals surface area contributed by atoms with E-state index in [1.807, 2.05) is 54.6 Å². The van der Waals surface area contributed by atoms with E-state index in [9.17, 15) is 14.4 Å². The van der Waals surface area contributed by atoms with Gasteiger partial charge in [-0.15, -0.1) is 0 Å². The van der Waals surface area contributed by atoms with E-state index in [1.54, 1.807) is 0 Å². The van der Waals surface area contributed by atoms with Crippen molar-refractivity contribution in [2.45, 2.75) is 50.6 Å². The number of amides is 3. The highest BCUT2D eigenvalue weighted by molar-refractivity contribution is 5.88. The van der Waals surface area contributed by atoms with Crippen molar-refractivity contribution in [1.29, 1.82) is 0 Å². The van der Waals surface area contributed by atoms with Gasteiger partial charge in [0.1, 0.15) is 6.04 Å². The number of nitrogens with zero attached hydrogens (tertiary/aromatic N) is 2. The quantitative estimate of drug-likeness (QED) is 0.0753. The van der Waals surface area contributed by atoms with Crippen LogP contribution in [0.25, 0.3) is 11.1 Å². The summed E-state index contributed by atoms with van der Waals surface area (Å²) < 4.78 is 0. The molecule has 0 aromatic heterocycles. The van der Waals surface area contributed by atoms with Gasteiger partial charge in [0.05, 0.1) is 12.9 Å². The zero-order valence-corrected chi connectivity index (χ0v) is 23.4. The Morgan fingerprint density at radius 3 is 2.22 bits per heavy atom. The molecule has 0 unspecified atom stereocenters. The smallest absolute Gasteiger partial charge is 0.242 e. The van der Waals surface area contributed by atoms with E-state index in [1.165, 1.54) is 6.34 Å². The molecule has 12 heteroatoms. The standard InChI is InChI=1S/C29H43N9O3/c30-19-27(40)37-24(9-6-14-34-20-31)18-26(39)38-25(28(41)35-15-4-5-16-36-29(32)33)17-21-10-12-23(13-11-21)22-7-2-1-3-8-22/h1-3,7-8,10-13,20,24-25H,4-6,9,14-19,30H2,(H2,31,34)(H,35,41)(H,37,40)(H,38,39)(H4,32,33,36)/t24-,25-/m0/s1. The monoisotopic (exact) mass is 565 g/mol. The molecule has 222 valence electrons. The molecule has 2 atom stereocenters. The Balaban J connectivity index is 2.08. The van der Waals surface area contributed by atoms with Crippen LogP contribution in [0.2, 0.25) is 0 Å². The first-order valence-electron chi connectivity index (χ1n) is 13.8. The van der Waals surface area contributed by atoms with Crippen molar-refractivity contribution in [3.8, 4) is 11.1 Å². The lowest BCUT2D eigenvalue weighted by molar-refractivity contribution is -0.129. The van der Waals surface area contributed by atoms with E-state index in [0.717, 1.165) is 16.7 Å². The molecular weight excluding hydrogens is 522 g/mol. The van der Waals surface area contributed by atoms with Crippen LogP contribution in [0.4, 0.5) is 0 Å². The first-order chi connectivity index (χ1) is 19.8. The summed E-state index contributed by atoms with van der Waals surface area (Å²) in [6.07, 6.45) is 4.01. The van der Waals surface area contributed by atoms with Crippen LogP contribution in [0, 0.1) is 0 Å². The lowest BCUT2D eigenvalue weighted by Gasteiger charge is -2.22. The van der Waals surface area contributed by atoms with E-state index in [2.05, 4.69) is 25.9 Å². The molecule has 0 spiro atoms. The zero-order valence-electron chi connectivity index (χ0n) is 23.4. The Hall–Kier alpha value is -4.45. The second kappa shape index (κ2) is 18.8. The van der Waals surface area contributed by atoms with Gasteiger partial charge in [-0.05, 0) is 42.4 Å². The average Bonchev–Trinajstić information content (AvgIpc) is 2.97. The molecule has 0 aliphatic heterocycles. The number of benzene rings is 2. The minimum absolute atomic E-state index is 0.00663. The normalized spacial score (nSPS) is 12.3. The fourth-order valence-corrected chi connectivity index (χ4v) is 4.18. The van der Waals surface area contributed by atoms with E-state index in [0.29, 0.717) is 51.7 Å². The summed E-state index contributed by atoms with van der Waals surface area (Å²) in [5, 5.41) is 8.54. The fourth-order valence-electron chi connectivity index (χ4n) is 4.18. The SMILES string of the molecule is NC=NCCC[C@@H](CC(=O)N[C@@H](Cc1ccc(-c2ccccc2)cc1)C(=O)NCCCCN=C(N)N)NC(=O)CN. The number of carbonyl (C=O) groups excluding carboxylic acids is 3. The van der Waals surface area contributed by atoms with Gasteiger partial charge in [0.15, 0.2) is 5.96 Å². The highest BCUT2D eigenvalue weighted by Crippen LogP contribution is 2.20. The second-order valence-electron chi connectivity index (χ2n) is 9.56. The predicted molar refractivity (Wildman–Crippen MR) is 163 cm³/mol. The number of nitrogens with two attached hydrogens (primary N) is 4. The van der Waals surface area contributed by atoms with Gasteiger partial charge in [-0.2, -0.15) is 0 Å². The van der Waals surface area contributed by atoms with Gasteiger partial charge in [-0.3, -0.25) is 24.4 Å². The van der Waals surface area contributed by atoms with Crippen molar-refractivity contribution in [1.82, 2.24) is 16.0 Å². The summed E-state index contributed by atoms with van der Waals surface area (Å²) in [4.78, 5) is 46.1. The van der Waals surface area contributed by atoms with Gasteiger partial charge in [-0.1, -0.05) is 54.6 Å². The molecule has 0 fully saturated rings. The summed E-state index contributed by atoms with van der Waals surface area (Å²) in [5.41, 5.74) is 24.5. The molecule has 0 radical (unpaired) electrons. The van der Waals surface area contributed by atoms with E-state index < -0.39 is 12.1 Å². The highest BCUT2D eigenvalue weighted by Gasteiger charge is 2.23. The van der Waals surface area contributed by atoms with Gasteiger partial charge in [-0.25, -0.2) is 0 Å². The molecule has 2 aromatic carbocycles. The molecule has 41 heavy (non-hydrogen) atoms. The third kappa shape index (κ3) is 13.4. The molecule has 0 aliphatic carbocycles. The van der Waals surface area contributed by atoms with Crippen LogP contribution < -0.4 is 38.9 Å². The molecule has 3 amide bonds. The third-order valence-electron chi connectivity index (χ3n) is 6.26. The third-order valence-corrected chi connectivity index (χ3v) is 6.26. The maximum absolute atomic E-state index is 13.2. The minimum atomic E-state index is -0.810. The lowest BCUT2D eigenvalue weighted by Crippen LogP contribution is -2.50. The number of guanidine groups is 1. The van der Waals surface area contributed by atoms with Crippen molar-refractivity contribution < 1.29 is 14.4 Å². The second-order valence-corrected chi connectivity index (χ2v) is 9.56. The van der Waals surface area contributed by atoms with E-state index in [4.69, 9.17) is 22.9 Å². The minimum Gasteiger partial charge on any atom is -0.390 e. The van der Waals surface area contributed by atoms with Gasteiger partial charge < -0.3 is 38.9 Å². The van der Waals surface area contributed by atoms with Gasteiger partial charge in [0, 0.05) is 38.5 Å². The molecule has 0 saturated carbocycles. The molecule has 0 bridgehead atoms. The molecule has 0 heterocycles. The number of hydrogen-bond donors (Lipinski definition) is 7. The fraction of sp³-hybridized carbons (Fsp3) is 0.414. The Bertz CT molecular complexity index is 1130. The summed E-state index contributed by atoms with van der Waals surface area (Å²) in [7, 11) is 0. The molecule has 12 nitrogen and oxygen atoms in total. The van der Waals surface area contributed by atoms with Crippen molar-refractivity contribution in [3.05, 3.63) is 60.2 Å². The number of hydrogen-bond acceptors (Lipinski definition) is 6. The predicted octanol–water partition coefficient (Wildman–Crippen LogP) is 0.152. The number of carbonyl (C=O) groups is 3. The van der Waals surface area contributed by atoms with Gasteiger partial charge in [0.25, 0.3) is 0 Å².